The number of hydrogen-bond acceptors (Lipinski definition) is 8. The van der Waals surface area contributed by atoms with Gasteiger partial charge in [0.05, 0.1) is 5.03 Å². The lowest BCUT2D eigenvalue weighted by molar-refractivity contribution is -0.134. The van der Waals surface area contributed by atoms with Gasteiger partial charge in [-0.1, -0.05) is 54.6 Å². The van der Waals surface area contributed by atoms with E-state index in [1.54, 1.807) is 0 Å². The minimum Gasteiger partial charge on any atom is -0.368 e. The molecule has 3 aromatic rings. The topological polar surface area (TPSA) is 223 Å². The van der Waals surface area contributed by atoms with E-state index in [0.29, 0.717) is 25.8 Å². The number of primary amides is 1. The van der Waals surface area contributed by atoms with Gasteiger partial charge < -0.3 is 42.2 Å². The van der Waals surface area contributed by atoms with Gasteiger partial charge in [-0.3, -0.25) is 33.6 Å². The Morgan fingerprint density at radius 1 is 0.830 bits per heavy atom. The molecular weight excluding hydrogens is 701 g/mol. The number of carbonyl (C=O) groups is 7. The number of nitrogens with zero attached hydrogens (tertiary/aromatic N) is 1. The molecule has 0 fully saturated rings. The lowest BCUT2D eigenvalue weighted by atomic mass is 10.1. The van der Waals surface area contributed by atoms with E-state index in [1.165, 1.54) is 39.5 Å². The van der Waals surface area contributed by atoms with Gasteiger partial charge in [-0.05, 0) is 45.6 Å². The van der Waals surface area contributed by atoms with Crippen LogP contribution in [0.15, 0.2) is 65.8 Å². The molecule has 0 spiro atoms. The molecule has 8 N–H and O–H groups in total. The summed E-state index contributed by atoms with van der Waals surface area (Å²) >= 11 is 1.34. The SMILES string of the molecule is CC(=O)N[C@H]1CCCCn2cc3ccccc3c2SC[C@@H](C(=O)N[C@@H](Cc2ccccc2)C(N)=O)NC(=O)[C@H](C)NC(=O)[C@H](C)NC(=O)[C@H](C)NC1=O. The van der Waals surface area contributed by atoms with Crippen molar-refractivity contribution in [2.24, 2.45) is 5.73 Å². The zero-order valence-corrected chi connectivity index (χ0v) is 31.1. The molecule has 1 aromatic heterocycles. The summed E-state index contributed by atoms with van der Waals surface area (Å²) in [6.07, 6.45) is 3.60. The summed E-state index contributed by atoms with van der Waals surface area (Å²) in [6.45, 7) is 6.16. The Labute approximate surface area is 312 Å². The monoisotopic (exact) mass is 748 g/mol. The fourth-order valence-electron chi connectivity index (χ4n) is 5.83. The minimum atomic E-state index is -1.16. The Morgan fingerprint density at radius 3 is 2.04 bits per heavy atom. The van der Waals surface area contributed by atoms with Crippen molar-refractivity contribution in [3.8, 4) is 0 Å². The Balaban J connectivity index is 1.64. The van der Waals surface area contributed by atoms with E-state index in [2.05, 4.69) is 31.9 Å². The number of nitrogens with two attached hydrogens (primary N) is 1. The van der Waals surface area contributed by atoms with Gasteiger partial charge in [0.15, 0.2) is 0 Å². The number of benzene rings is 2. The smallest absolute Gasteiger partial charge is 0.244 e. The van der Waals surface area contributed by atoms with Crippen molar-refractivity contribution in [2.45, 2.75) is 101 Å². The first-order valence-corrected chi connectivity index (χ1v) is 18.5. The van der Waals surface area contributed by atoms with E-state index in [0.717, 1.165) is 21.4 Å². The second-order valence-electron chi connectivity index (χ2n) is 13.2. The van der Waals surface area contributed by atoms with E-state index < -0.39 is 77.6 Å². The third-order valence-electron chi connectivity index (χ3n) is 8.80. The number of fused-ring (bicyclic) bond motifs is 3. The summed E-state index contributed by atoms with van der Waals surface area (Å²) in [5, 5.41) is 18.5. The second kappa shape index (κ2) is 18.9. The highest BCUT2D eigenvalue weighted by Crippen LogP contribution is 2.31. The Kier molecular flexibility index (Phi) is 14.4. The number of rotatable bonds is 6. The first-order chi connectivity index (χ1) is 25.2. The van der Waals surface area contributed by atoms with Crippen LogP contribution in [0.3, 0.4) is 0 Å². The van der Waals surface area contributed by atoms with Gasteiger partial charge in [0.25, 0.3) is 0 Å². The Morgan fingerprint density at radius 2 is 1.42 bits per heavy atom. The Hall–Kier alpha value is -5.38. The molecule has 16 heteroatoms. The quantitative estimate of drug-likeness (QED) is 0.189. The maximum atomic E-state index is 13.9. The fraction of sp³-hybridized carbons (Fsp3) is 0.432. The number of carbonyl (C=O) groups excluding carboxylic acids is 7. The summed E-state index contributed by atoms with van der Waals surface area (Å²) in [5.41, 5.74) is 6.47. The van der Waals surface area contributed by atoms with Crippen molar-refractivity contribution in [1.82, 2.24) is 36.5 Å². The predicted octanol–water partition coefficient (Wildman–Crippen LogP) is 0.634. The highest BCUT2D eigenvalue weighted by molar-refractivity contribution is 7.99. The average molecular weight is 749 g/mol. The van der Waals surface area contributed by atoms with Gasteiger partial charge in [-0.25, -0.2) is 0 Å². The molecule has 7 amide bonds. The summed E-state index contributed by atoms with van der Waals surface area (Å²) < 4.78 is 2.04. The first-order valence-electron chi connectivity index (χ1n) is 17.6. The van der Waals surface area contributed by atoms with Crippen LogP contribution >= 0.6 is 11.8 Å². The molecular formula is C37H48N8O7S. The fourth-order valence-corrected chi connectivity index (χ4v) is 7.04. The number of hydrogen-bond donors (Lipinski definition) is 7. The molecule has 2 aromatic carbocycles. The van der Waals surface area contributed by atoms with Gasteiger partial charge in [0, 0.05) is 42.6 Å². The van der Waals surface area contributed by atoms with Gasteiger partial charge in [-0.2, -0.15) is 0 Å². The van der Waals surface area contributed by atoms with E-state index in [1.807, 2.05) is 65.4 Å². The number of amides is 7. The van der Waals surface area contributed by atoms with E-state index in [-0.39, 0.29) is 12.2 Å². The lowest BCUT2D eigenvalue weighted by Crippen LogP contribution is -2.58. The summed E-state index contributed by atoms with van der Waals surface area (Å²) in [7, 11) is 0. The molecule has 0 radical (unpaired) electrons. The van der Waals surface area contributed by atoms with Gasteiger partial charge in [-0.15, -0.1) is 11.8 Å². The molecule has 0 aliphatic carbocycles. The molecule has 0 saturated heterocycles. The minimum absolute atomic E-state index is 0.0538. The molecule has 284 valence electrons. The molecule has 0 bridgehead atoms. The van der Waals surface area contributed by atoms with Crippen LogP contribution in [0.1, 0.15) is 52.5 Å². The number of thioether (sulfide) groups is 1. The van der Waals surface area contributed by atoms with Crippen molar-refractivity contribution < 1.29 is 33.6 Å². The number of nitrogens with one attached hydrogen (secondary N) is 6. The molecule has 0 unspecified atom stereocenters. The molecule has 4 rings (SSSR count). The van der Waals surface area contributed by atoms with Crippen LogP contribution in [-0.4, -0.2) is 87.9 Å². The molecule has 53 heavy (non-hydrogen) atoms. The number of aromatic nitrogens is 1. The maximum absolute atomic E-state index is 13.9. The largest absolute Gasteiger partial charge is 0.368 e. The third kappa shape index (κ3) is 11.6. The molecule has 1 aliphatic heterocycles. The molecule has 6 atom stereocenters. The van der Waals surface area contributed by atoms with Crippen molar-refractivity contribution in [1.29, 1.82) is 0 Å². The molecule has 2 heterocycles. The standard InChI is InChI=1S/C37H48N8O7S/c1-21-32(48)40-23(3)34(50)44-30(36(52)43-29(31(38)47)18-25-12-6-5-7-13-25)20-53-37-27-15-9-8-14-26(27)19-45(37)17-11-10-16-28(42-24(4)46)35(51)41-22(2)33(49)39-21/h5-9,12-15,19,21-23,28-30H,10-11,16-18,20H2,1-4H3,(H2,38,47)(H,39,49)(H,40,48)(H,41,51)(H,42,46)(H,43,52)(H,44,50)/t21-,22-,23-,28-,29-,30-/m0/s1. The average Bonchev–Trinajstić information content (AvgIpc) is 3.47. The van der Waals surface area contributed by atoms with Crippen molar-refractivity contribution >= 4 is 63.9 Å². The highest BCUT2D eigenvalue weighted by atomic mass is 32.2. The van der Waals surface area contributed by atoms with Crippen LogP contribution in [-0.2, 0) is 46.5 Å². The normalized spacial score (nSPS) is 23.1. The number of aryl methyl sites for hydroxylation is 1. The summed E-state index contributed by atoms with van der Waals surface area (Å²) in [4.78, 5) is 90.9. The van der Waals surface area contributed by atoms with Crippen LogP contribution in [0.2, 0.25) is 0 Å². The van der Waals surface area contributed by atoms with Crippen molar-refractivity contribution in [2.75, 3.05) is 5.75 Å². The van der Waals surface area contributed by atoms with Crippen LogP contribution in [0, 0.1) is 0 Å². The highest BCUT2D eigenvalue weighted by Gasteiger charge is 2.30. The van der Waals surface area contributed by atoms with Crippen molar-refractivity contribution in [3.05, 3.63) is 66.4 Å². The van der Waals surface area contributed by atoms with E-state index in [9.17, 15) is 33.6 Å². The first kappa shape index (κ1) is 40.4. The predicted molar refractivity (Wildman–Crippen MR) is 200 cm³/mol. The van der Waals surface area contributed by atoms with E-state index in [4.69, 9.17) is 5.73 Å². The van der Waals surface area contributed by atoms with Crippen LogP contribution in [0.4, 0.5) is 0 Å². The van der Waals surface area contributed by atoms with Crippen molar-refractivity contribution in [3.63, 3.8) is 0 Å². The summed E-state index contributed by atoms with van der Waals surface area (Å²) in [6, 6.07) is 10.4. The zero-order valence-electron chi connectivity index (χ0n) is 30.3. The zero-order chi connectivity index (χ0) is 38.7. The second-order valence-corrected chi connectivity index (χ2v) is 14.2. The van der Waals surface area contributed by atoms with Crippen LogP contribution in [0.5, 0.6) is 0 Å². The third-order valence-corrected chi connectivity index (χ3v) is 10.0. The molecule has 1 aliphatic rings. The van der Waals surface area contributed by atoms with Gasteiger partial charge >= 0.3 is 0 Å². The van der Waals surface area contributed by atoms with E-state index >= 15 is 0 Å². The molecule has 15 nitrogen and oxygen atoms in total. The Bertz CT molecular complexity index is 1820. The molecule has 0 saturated carbocycles. The van der Waals surface area contributed by atoms with Gasteiger partial charge in [0.1, 0.15) is 36.3 Å². The van der Waals surface area contributed by atoms with Gasteiger partial charge in [0.2, 0.25) is 41.4 Å². The van der Waals surface area contributed by atoms with Crippen LogP contribution < -0.4 is 37.6 Å². The van der Waals surface area contributed by atoms with Crippen LogP contribution in [0.25, 0.3) is 10.8 Å². The summed E-state index contributed by atoms with van der Waals surface area (Å²) in [5.74, 6) is -4.26. The maximum Gasteiger partial charge on any atom is 0.244 e. The lowest BCUT2D eigenvalue weighted by Gasteiger charge is -2.24.